The number of aliphatic hydroxyl groups excluding tert-OH is 2. The second kappa shape index (κ2) is 22.1. The molecule has 1 atom stereocenters. The van der Waals surface area contributed by atoms with Crippen molar-refractivity contribution in [3.63, 3.8) is 0 Å². The highest BCUT2D eigenvalue weighted by atomic mass is 16.5. The molecular formula is C39H50N2O6. The van der Waals surface area contributed by atoms with E-state index in [9.17, 15) is 20.0 Å². The number of hydrogen-bond donors (Lipinski definition) is 3. The van der Waals surface area contributed by atoms with Crippen molar-refractivity contribution in [3.8, 4) is 6.07 Å². The zero-order chi connectivity index (χ0) is 34.4. The maximum Gasteiger partial charge on any atom is 0.347 e. The Balaban J connectivity index is 0.000000343. The first kappa shape index (κ1) is 38.7. The van der Waals surface area contributed by atoms with Crippen LogP contribution in [0.25, 0.3) is 5.57 Å². The third-order valence-corrected chi connectivity index (χ3v) is 7.89. The van der Waals surface area contributed by atoms with Crippen molar-refractivity contribution in [2.24, 2.45) is 5.92 Å². The van der Waals surface area contributed by atoms with Gasteiger partial charge in [0, 0.05) is 37.6 Å². The molecule has 0 fully saturated rings. The zero-order valence-corrected chi connectivity index (χ0v) is 28.0. The molecule has 47 heavy (non-hydrogen) atoms. The number of hydrogen-bond acceptors (Lipinski definition) is 7. The van der Waals surface area contributed by atoms with Gasteiger partial charge in [-0.2, -0.15) is 5.26 Å². The van der Waals surface area contributed by atoms with Crippen molar-refractivity contribution in [1.29, 1.82) is 5.26 Å². The second-order valence-electron chi connectivity index (χ2n) is 11.2. The summed E-state index contributed by atoms with van der Waals surface area (Å²) in [7, 11) is 0. The smallest absolute Gasteiger partial charge is 0.347 e. The topological polar surface area (TPSA) is 131 Å². The average molecular weight is 643 g/mol. The number of benzene rings is 3. The van der Waals surface area contributed by atoms with Crippen LogP contribution < -0.4 is 4.90 Å². The molecule has 252 valence electrons. The lowest BCUT2D eigenvalue weighted by molar-refractivity contribution is -0.132. The van der Waals surface area contributed by atoms with E-state index in [4.69, 9.17) is 14.9 Å². The Labute approximate surface area is 279 Å². The molecule has 1 unspecified atom stereocenters. The van der Waals surface area contributed by atoms with Crippen molar-refractivity contribution >= 4 is 23.2 Å². The minimum absolute atomic E-state index is 0.135. The summed E-state index contributed by atoms with van der Waals surface area (Å²) < 4.78 is 4.94. The van der Waals surface area contributed by atoms with Gasteiger partial charge in [-0.05, 0) is 73.1 Å². The molecule has 0 amide bonds. The number of aliphatic hydroxyl groups is 2. The normalized spacial score (nSPS) is 11.7. The lowest BCUT2D eigenvalue weighted by Gasteiger charge is -2.24. The number of ether oxygens (including phenoxy) is 1. The largest absolute Gasteiger partial charge is 0.477 e. The Morgan fingerprint density at radius 1 is 0.830 bits per heavy atom. The van der Waals surface area contributed by atoms with Crippen LogP contribution in [0.5, 0.6) is 0 Å². The Hall–Kier alpha value is -4.45. The molecule has 3 rings (SSSR count). The Kier molecular flexibility index (Phi) is 18.2. The van der Waals surface area contributed by atoms with E-state index in [-0.39, 0.29) is 24.8 Å². The van der Waals surface area contributed by atoms with E-state index in [0.717, 1.165) is 54.7 Å². The number of carboxylic acid groups (broad SMARTS) is 1. The van der Waals surface area contributed by atoms with Gasteiger partial charge >= 0.3 is 11.9 Å². The summed E-state index contributed by atoms with van der Waals surface area (Å²) in [5.74, 6) is -0.959. The highest BCUT2D eigenvalue weighted by Crippen LogP contribution is 2.32. The predicted molar refractivity (Wildman–Crippen MR) is 187 cm³/mol. The first-order valence-corrected chi connectivity index (χ1v) is 16.6. The lowest BCUT2D eigenvalue weighted by Crippen LogP contribution is -2.27. The van der Waals surface area contributed by atoms with Gasteiger partial charge in [0.2, 0.25) is 0 Å². The third kappa shape index (κ3) is 12.7. The molecule has 0 saturated carbocycles. The lowest BCUT2D eigenvalue weighted by atomic mass is 9.85. The second-order valence-corrected chi connectivity index (χ2v) is 11.2. The Morgan fingerprint density at radius 3 is 1.98 bits per heavy atom. The molecule has 3 N–H and O–H groups in total. The molecule has 0 aliphatic carbocycles. The van der Waals surface area contributed by atoms with Crippen molar-refractivity contribution < 1.29 is 29.6 Å². The van der Waals surface area contributed by atoms with E-state index < -0.39 is 5.97 Å². The van der Waals surface area contributed by atoms with E-state index in [2.05, 4.69) is 24.8 Å². The van der Waals surface area contributed by atoms with E-state index in [0.29, 0.717) is 36.5 Å². The molecule has 0 heterocycles. The van der Waals surface area contributed by atoms with E-state index in [1.165, 1.54) is 12.8 Å². The van der Waals surface area contributed by atoms with Gasteiger partial charge in [-0.25, -0.2) is 9.59 Å². The molecule has 0 radical (unpaired) electrons. The van der Waals surface area contributed by atoms with Crippen molar-refractivity contribution in [2.75, 3.05) is 37.8 Å². The first-order chi connectivity index (χ1) is 22.8. The molecule has 3 aromatic carbocycles. The van der Waals surface area contributed by atoms with Crippen LogP contribution in [0.15, 0.2) is 84.4 Å². The first-order valence-electron chi connectivity index (χ1n) is 16.6. The number of nitrogens with zero attached hydrogens (tertiary/aromatic N) is 2. The fourth-order valence-corrected chi connectivity index (χ4v) is 5.36. The van der Waals surface area contributed by atoms with Crippen LogP contribution in [0.3, 0.4) is 0 Å². The zero-order valence-electron chi connectivity index (χ0n) is 28.0. The van der Waals surface area contributed by atoms with Gasteiger partial charge in [0.1, 0.15) is 11.6 Å². The predicted octanol–water partition coefficient (Wildman–Crippen LogP) is 7.29. The van der Waals surface area contributed by atoms with Crippen molar-refractivity contribution in [3.05, 3.63) is 107 Å². The number of carbonyl (C=O) groups excluding carboxylic acids is 1. The van der Waals surface area contributed by atoms with Gasteiger partial charge in [-0.3, -0.25) is 0 Å². The fraction of sp³-hybridized carbons (Fsp3) is 0.410. The molecule has 3 aromatic rings. The van der Waals surface area contributed by atoms with Crippen molar-refractivity contribution in [1.82, 2.24) is 0 Å². The molecule has 0 aliphatic heterocycles. The highest BCUT2D eigenvalue weighted by molar-refractivity contribution is 6.04. The van der Waals surface area contributed by atoms with Crippen LogP contribution >= 0.6 is 0 Å². The van der Waals surface area contributed by atoms with Gasteiger partial charge in [0.05, 0.1) is 12.2 Å². The van der Waals surface area contributed by atoms with Gasteiger partial charge in [0.25, 0.3) is 0 Å². The summed E-state index contributed by atoms with van der Waals surface area (Å²) >= 11 is 0. The number of esters is 1. The number of aliphatic carboxylic acids is 1. The van der Waals surface area contributed by atoms with Gasteiger partial charge in [-0.1, -0.05) is 94.1 Å². The van der Waals surface area contributed by atoms with Gasteiger partial charge in [-0.15, -0.1) is 0 Å². The van der Waals surface area contributed by atoms with Crippen LogP contribution in [0.2, 0.25) is 0 Å². The quantitative estimate of drug-likeness (QED) is 0.0749. The van der Waals surface area contributed by atoms with Crippen LogP contribution in [0.4, 0.5) is 5.69 Å². The van der Waals surface area contributed by atoms with Crippen LogP contribution in [0, 0.1) is 17.2 Å². The highest BCUT2D eigenvalue weighted by Gasteiger charge is 2.21. The standard InChI is InChI=1S/C24H27NO2.C15H23NO4/c1-3-5-11-18(4-2)16-20-14-9-10-15-21(20)23(22(17-25)24(26)27)19-12-7-6-8-13-19;1-2-20-15(19)13-5-7-14(8-6-13)16(9-3-11-17)10-4-12-18/h6-10,12-15,18H,3-5,11,16H2,1-2H3,(H,26,27);5-8,17-18H,2-4,9-12H2,1H3. The molecular weight excluding hydrogens is 592 g/mol. The minimum atomic E-state index is -1.19. The van der Waals surface area contributed by atoms with E-state index >= 15 is 0 Å². The molecule has 8 nitrogen and oxygen atoms in total. The Morgan fingerprint density at radius 2 is 1.45 bits per heavy atom. The molecule has 0 spiro atoms. The number of rotatable bonds is 18. The number of unbranched alkanes of at least 4 members (excludes halogenated alkanes) is 1. The van der Waals surface area contributed by atoms with E-state index in [1.54, 1.807) is 19.1 Å². The monoisotopic (exact) mass is 642 g/mol. The fourth-order valence-electron chi connectivity index (χ4n) is 5.36. The van der Waals surface area contributed by atoms with Crippen LogP contribution in [0.1, 0.15) is 86.3 Å². The number of nitriles is 1. The summed E-state index contributed by atoms with van der Waals surface area (Å²) in [5, 5.41) is 37.0. The van der Waals surface area contributed by atoms with Crippen molar-refractivity contribution in [2.45, 2.75) is 65.7 Å². The number of anilines is 1. The van der Waals surface area contributed by atoms with E-state index in [1.807, 2.05) is 66.7 Å². The maximum atomic E-state index is 11.8. The molecule has 0 bridgehead atoms. The summed E-state index contributed by atoms with van der Waals surface area (Å²) in [6.07, 6.45) is 6.85. The molecule has 0 saturated heterocycles. The molecule has 0 aliphatic rings. The number of carboxylic acids is 1. The minimum Gasteiger partial charge on any atom is -0.477 e. The summed E-state index contributed by atoms with van der Waals surface area (Å²) in [4.78, 5) is 25.4. The summed E-state index contributed by atoms with van der Waals surface area (Å²) in [5.41, 5.74) is 4.50. The van der Waals surface area contributed by atoms with Crippen LogP contribution in [-0.2, 0) is 16.0 Å². The summed E-state index contributed by atoms with van der Waals surface area (Å²) in [6.45, 7) is 8.24. The van der Waals surface area contributed by atoms with Gasteiger partial charge < -0.3 is 25.0 Å². The molecule has 0 aromatic heterocycles. The SMILES string of the molecule is CCCCC(CC)Cc1ccccc1C(=C(C#N)C(=O)O)c1ccccc1.CCOC(=O)c1ccc(N(CCCO)CCCO)cc1. The summed E-state index contributed by atoms with van der Waals surface area (Å²) in [6, 6.07) is 26.3. The maximum absolute atomic E-state index is 11.8. The average Bonchev–Trinajstić information content (AvgIpc) is 3.10. The Bertz CT molecular complexity index is 1420. The van der Waals surface area contributed by atoms with Gasteiger partial charge in [0.15, 0.2) is 0 Å². The number of carbonyl (C=O) groups is 2. The molecule has 8 heteroatoms. The third-order valence-electron chi connectivity index (χ3n) is 7.89. The van der Waals surface area contributed by atoms with Crippen LogP contribution in [-0.4, -0.2) is 60.2 Å².